The molecule has 0 heterocycles. The van der Waals surface area contributed by atoms with Crippen LogP contribution < -0.4 is 0 Å². The first-order valence-corrected chi connectivity index (χ1v) is 11.8. The first kappa shape index (κ1) is 22.0. The van der Waals surface area contributed by atoms with Crippen molar-refractivity contribution < 1.29 is 0 Å². The van der Waals surface area contributed by atoms with Crippen LogP contribution in [-0.2, 0) is 0 Å². The van der Waals surface area contributed by atoms with Gasteiger partial charge in [-0.1, -0.05) is 72.4 Å². The highest BCUT2D eigenvalue weighted by Crippen LogP contribution is 2.39. The van der Waals surface area contributed by atoms with Crippen LogP contribution in [0.3, 0.4) is 0 Å². The molecule has 0 amide bonds. The Morgan fingerprint density at radius 3 is 2.66 bits per heavy atom. The molecule has 0 fully saturated rings. The van der Waals surface area contributed by atoms with Gasteiger partial charge in [0.2, 0.25) is 0 Å². The lowest BCUT2D eigenvalue weighted by molar-refractivity contribution is 0.941. The summed E-state index contributed by atoms with van der Waals surface area (Å²) in [7, 11) is 0. The highest BCUT2D eigenvalue weighted by Gasteiger charge is 2.16. The van der Waals surface area contributed by atoms with Crippen molar-refractivity contribution in [2.45, 2.75) is 53.4 Å². The summed E-state index contributed by atoms with van der Waals surface area (Å²) >= 11 is 0. The van der Waals surface area contributed by atoms with Crippen LogP contribution in [0.5, 0.6) is 0 Å². The quantitative estimate of drug-likeness (QED) is 0.438. The van der Waals surface area contributed by atoms with E-state index < -0.39 is 0 Å². The normalized spacial score (nSPS) is 20.1. The SMILES string of the molecule is C/C=C\C1=C(C)CCC=C1C=Nc1ccc2ccccc2c1/C(C)=C1\C=CCC\C1=C\C. The molecule has 2 aliphatic rings. The van der Waals surface area contributed by atoms with Crippen molar-refractivity contribution in [2.75, 3.05) is 0 Å². The Kier molecular flexibility index (Phi) is 6.85. The van der Waals surface area contributed by atoms with Gasteiger partial charge in [-0.15, -0.1) is 0 Å². The first-order chi connectivity index (χ1) is 15.6. The Morgan fingerprint density at radius 2 is 1.84 bits per heavy atom. The Balaban J connectivity index is 1.89. The summed E-state index contributed by atoms with van der Waals surface area (Å²) < 4.78 is 0. The van der Waals surface area contributed by atoms with Gasteiger partial charge in [0.15, 0.2) is 0 Å². The monoisotopic (exact) mass is 419 g/mol. The van der Waals surface area contributed by atoms with E-state index in [1.807, 2.05) is 0 Å². The lowest BCUT2D eigenvalue weighted by Gasteiger charge is -2.19. The summed E-state index contributed by atoms with van der Waals surface area (Å²) in [6, 6.07) is 13.0. The Labute approximate surface area is 193 Å². The van der Waals surface area contributed by atoms with Gasteiger partial charge in [0, 0.05) is 11.8 Å². The highest BCUT2D eigenvalue weighted by atomic mass is 14.7. The standard InChI is InChI=1S/C31H33N/c1-5-12-27-22(3)13-11-16-26(27)21-32-30-20-19-25-15-8-10-18-29(25)31(30)23(4)28-17-9-7-14-24(28)6-2/h5-6,8-10,12,15-21H,7,11,13-14H2,1-4H3/b12-5-,24-6-,28-23+,32-21?. The Bertz CT molecular complexity index is 1240. The predicted octanol–water partition coefficient (Wildman–Crippen LogP) is 9.22. The van der Waals surface area contributed by atoms with Crippen LogP contribution in [0.15, 0.2) is 106 Å². The predicted molar refractivity (Wildman–Crippen MR) is 142 cm³/mol. The van der Waals surface area contributed by atoms with Crippen LogP contribution in [-0.4, -0.2) is 6.21 Å². The van der Waals surface area contributed by atoms with E-state index in [-0.39, 0.29) is 0 Å². The number of aliphatic imine (C=N–C) groups is 1. The Morgan fingerprint density at radius 1 is 1.00 bits per heavy atom. The van der Waals surface area contributed by atoms with Crippen LogP contribution in [0.1, 0.15) is 58.9 Å². The maximum absolute atomic E-state index is 5.07. The largest absolute Gasteiger partial charge is 0.256 e. The van der Waals surface area contributed by atoms with Crippen molar-refractivity contribution in [3.05, 3.63) is 106 Å². The van der Waals surface area contributed by atoms with Crippen LogP contribution in [0, 0.1) is 0 Å². The second-order valence-electron chi connectivity index (χ2n) is 8.62. The molecule has 0 spiro atoms. The maximum atomic E-state index is 5.07. The van der Waals surface area contributed by atoms with E-state index in [2.05, 4.69) is 107 Å². The van der Waals surface area contributed by atoms with Crippen molar-refractivity contribution in [1.82, 2.24) is 0 Å². The number of rotatable bonds is 4. The smallest absolute Gasteiger partial charge is 0.0711 e. The molecule has 0 atom stereocenters. The molecule has 2 aromatic rings. The van der Waals surface area contributed by atoms with Crippen molar-refractivity contribution in [3.8, 4) is 0 Å². The molecule has 1 heteroatoms. The molecular formula is C31H33N. The van der Waals surface area contributed by atoms with Crippen molar-refractivity contribution in [2.24, 2.45) is 4.99 Å². The number of benzene rings is 2. The molecule has 0 radical (unpaired) electrons. The number of allylic oxidation sites excluding steroid dienone is 12. The van der Waals surface area contributed by atoms with Crippen LogP contribution in [0.4, 0.5) is 5.69 Å². The zero-order valence-electron chi connectivity index (χ0n) is 19.8. The number of nitrogens with zero attached hydrogens (tertiary/aromatic N) is 1. The summed E-state index contributed by atoms with van der Waals surface area (Å²) in [5.74, 6) is 0. The van der Waals surface area contributed by atoms with Gasteiger partial charge in [-0.25, -0.2) is 0 Å². The zero-order chi connectivity index (χ0) is 22.5. The van der Waals surface area contributed by atoms with E-state index in [4.69, 9.17) is 4.99 Å². The molecule has 0 aromatic heterocycles. The van der Waals surface area contributed by atoms with Gasteiger partial charge in [-0.05, 0) is 98.1 Å². The summed E-state index contributed by atoms with van der Waals surface area (Å²) in [5.41, 5.74) is 10.3. The second kappa shape index (κ2) is 9.96. The van der Waals surface area contributed by atoms with Gasteiger partial charge in [0.05, 0.1) is 5.69 Å². The van der Waals surface area contributed by atoms with Crippen molar-refractivity contribution in [1.29, 1.82) is 0 Å². The minimum Gasteiger partial charge on any atom is -0.256 e. The highest BCUT2D eigenvalue weighted by molar-refractivity contribution is 6.01. The molecule has 0 bridgehead atoms. The summed E-state index contributed by atoms with van der Waals surface area (Å²) in [4.78, 5) is 5.07. The Hall–Kier alpha value is -3.19. The molecule has 0 aliphatic heterocycles. The molecule has 2 aromatic carbocycles. The molecule has 32 heavy (non-hydrogen) atoms. The van der Waals surface area contributed by atoms with E-state index >= 15 is 0 Å². The number of hydrogen-bond donors (Lipinski definition) is 0. The van der Waals surface area contributed by atoms with Crippen molar-refractivity contribution >= 4 is 28.2 Å². The first-order valence-electron chi connectivity index (χ1n) is 11.8. The van der Waals surface area contributed by atoms with Gasteiger partial charge in [-0.2, -0.15) is 0 Å². The van der Waals surface area contributed by atoms with Crippen LogP contribution in [0.25, 0.3) is 16.3 Å². The third kappa shape index (κ3) is 4.39. The van der Waals surface area contributed by atoms with E-state index in [1.165, 1.54) is 49.8 Å². The lowest BCUT2D eigenvalue weighted by Crippen LogP contribution is -1.99. The van der Waals surface area contributed by atoms with E-state index in [1.54, 1.807) is 0 Å². The van der Waals surface area contributed by atoms with E-state index in [0.29, 0.717) is 0 Å². The molecule has 1 nitrogen and oxygen atoms in total. The number of hydrogen-bond acceptors (Lipinski definition) is 1. The average Bonchev–Trinajstić information content (AvgIpc) is 2.83. The average molecular weight is 420 g/mol. The summed E-state index contributed by atoms with van der Waals surface area (Å²) in [6.07, 6.45) is 20.0. The molecule has 2 aliphatic carbocycles. The fourth-order valence-electron chi connectivity index (χ4n) is 4.85. The zero-order valence-corrected chi connectivity index (χ0v) is 19.8. The summed E-state index contributed by atoms with van der Waals surface area (Å²) in [6.45, 7) is 8.72. The molecular weight excluding hydrogens is 386 g/mol. The molecule has 0 N–H and O–H groups in total. The van der Waals surface area contributed by atoms with Gasteiger partial charge < -0.3 is 0 Å². The van der Waals surface area contributed by atoms with Gasteiger partial charge in [0.1, 0.15) is 0 Å². The molecule has 0 unspecified atom stereocenters. The third-order valence-electron chi connectivity index (χ3n) is 6.58. The van der Waals surface area contributed by atoms with Crippen molar-refractivity contribution in [3.63, 3.8) is 0 Å². The number of fused-ring (bicyclic) bond motifs is 1. The topological polar surface area (TPSA) is 12.4 Å². The minimum absolute atomic E-state index is 1.03. The lowest BCUT2D eigenvalue weighted by atomic mass is 9.87. The van der Waals surface area contributed by atoms with Gasteiger partial charge in [0.25, 0.3) is 0 Å². The van der Waals surface area contributed by atoms with E-state index in [0.717, 1.165) is 31.4 Å². The fourth-order valence-corrected chi connectivity index (χ4v) is 4.85. The van der Waals surface area contributed by atoms with Crippen LogP contribution >= 0.6 is 0 Å². The third-order valence-corrected chi connectivity index (χ3v) is 6.58. The molecule has 0 saturated carbocycles. The molecule has 162 valence electrons. The maximum Gasteiger partial charge on any atom is 0.0711 e. The summed E-state index contributed by atoms with van der Waals surface area (Å²) in [5, 5.41) is 2.52. The molecule has 0 saturated heterocycles. The molecule has 4 rings (SSSR count). The fraction of sp³-hybridized carbons (Fsp3) is 0.258. The van der Waals surface area contributed by atoms with Gasteiger partial charge >= 0.3 is 0 Å². The van der Waals surface area contributed by atoms with Crippen LogP contribution in [0.2, 0.25) is 0 Å². The van der Waals surface area contributed by atoms with Gasteiger partial charge in [-0.3, -0.25) is 4.99 Å². The van der Waals surface area contributed by atoms with E-state index in [9.17, 15) is 0 Å². The minimum atomic E-state index is 1.03. The second-order valence-corrected chi connectivity index (χ2v) is 8.62.